The molecule has 0 radical (unpaired) electrons. The van der Waals surface area contributed by atoms with Crippen LogP contribution < -0.4 is 5.73 Å². The second kappa shape index (κ2) is 6.49. The van der Waals surface area contributed by atoms with Crippen molar-refractivity contribution >= 4 is 5.91 Å². The summed E-state index contributed by atoms with van der Waals surface area (Å²) in [5.41, 5.74) is 7.24. The van der Waals surface area contributed by atoms with E-state index in [1.54, 1.807) is 6.20 Å². The SMILES string of the molecule is CC1CCC(C(N)=O)([C@H](C)c2nc(-c3ccnc(C4CC4)c3)no2)CC1. The molecule has 4 rings (SSSR count). The Hall–Kier alpha value is -2.24. The smallest absolute Gasteiger partial charge is 0.230 e. The molecule has 138 valence electrons. The van der Waals surface area contributed by atoms with Crippen LogP contribution in [-0.2, 0) is 4.79 Å². The molecule has 2 heterocycles. The van der Waals surface area contributed by atoms with Crippen LogP contribution in [0.2, 0.25) is 0 Å². The lowest BCUT2D eigenvalue weighted by atomic mass is 9.63. The number of nitrogens with zero attached hydrogens (tertiary/aromatic N) is 3. The minimum Gasteiger partial charge on any atom is -0.369 e. The summed E-state index contributed by atoms with van der Waals surface area (Å²) in [6.07, 6.45) is 7.77. The summed E-state index contributed by atoms with van der Waals surface area (Å²) in [5, 5.41) is 4.16. The van der Waals surface area contributed by atoms with Crippen molar-refractivity contribution in [1.82, 2.24) is 15.1 Å². The topological polar surface area (TPSA) is 94.9 Å². The normalized spacial score (nSPS) is 27.2. The monoisotopic (exact) mass is 354 g/mol. The van der Waals surface area contributed by atoms with Gasteiger partial charge in [-0.2, -0.15) is 4.98 Å². The van der Waals surface area contributed by atoms with Crippen LogP contribution in [-0.4, -0.2) is 21.0 Å². The summed E-state index contributed by atoms with van der Waals surface area (Å²) < 4.78 is 5.56. The molecule has 0 unspecified atom stereocenters. The molecular formula is C20H26N4O2. The number of hydrogen-bond acceptors (Lipinski definition) is 5. The summed E-state index contributed by atoms with van der Waals surface area (Å²) in [6, 6.07) is 3.94. The molecule has 26 heavy (non-hydrogen) atoms. The van der Waals surface area contributed by atoms with Crippen molar-refractivity contribution in [3.8, 4) is 11.4 Å². The van der Waals surface area contributed by atoms with E-state index in [1.165, 1.54) is 12.8 Å². The predicted molar refractivity (Wildman–Crippen MR) is 97.2 cm³/mol. The van der Waals surface area contributed by atoms with Gasteiger partial charge >= 0.3 is 0 Å². The molecule has 2 aromatic rings. The maximum Gasteiger partial charge on any atom is 0.230 e. The molecule has 0 aromatic carbocycles. The van der Waals surface area contributed by atoms with Gasteiger partial charge in [0.2, 0.25) is 17.6 Å². The number of amides is 1. The molecule has 6 nitrogen and oxygen atoms in total. The lowest BCUT2D eigenvalue weighted by Gasteiger charge is -2.39. The molecule has 2 N–H and O–H groups in total. The predicted octanol–water partition coefficient (Wildman–Crippen LogP) is 3.79. The van der Waals surface area contributed by atoms with E-state index in [9.17, 15) is 4.79 Å². The highest BCUT2D eigenvalue weighted by atomic mass is 16.5. The van der Waals surface area contributed by atoms with Crippen LogP contribution in [0, 0.1) is 11.3 Å². The van der Waals surface area contributed by atoms with Crippen molar-refractivity contribution in [2.24, 2.45) is 17.1 Å². The van der Waals surface area contributed by atoms with Crippen molar-refractivity contribution in [2.75, 3.05) is 0 Å². The first-order valence-corrected chi connectivity index (χ1v) is 9.59. The average Bonchev–Trinajstić information content (AvgIpc) is 3.38. The van der Waals surface area contributed by atoms with Crippen LogP contribution in [0.5, 0.6) is 0 Å². The van der Waals surface area contributed by atoms with Crippen LogP contribution in [0.3, 0.4) is 0 Å². The lowest BCUT2D eigenvalue weighted by molar-refractivity contribution is -0.131. The zero-order valence-electron chi connectivity index (χ0n) is 15.4. The second-order valence-corrected chi connectivity index (χ2v) is 8.12. The first-order valence-electron chi connectivity index (χ1n) is 9.59. The molecule has 0 spiro atoms. The van der Waals surface area contributed by atoms with E-state index in [2.05, 4.69) is 22.0 Å². The van der Waals surface area contributed by atoms with Crippen molar-refractivity contribution < 1.29 is 9.32 Å². The minimum absolute atomic E-state index is 0.182. The molecular weight excluding hydrogens is 328 g/mol. The number of nitrogens with two attached hydrogens (primary N) is 1. The van der Waals surface area contributed by atoms with Crippen molar-refractivity contribution in [2.45, 2.75) is 64.2 Å². The Balaban J connectivity index is 1.60. The summed E-state index contributed by atoms with van der Waals surface area (Å²) in [6.45, 7) is 4.21. The van der Waals surface area contributed by atoms with Crippen LogP contribution in [0.1, 0.15) is 75.8 Å². The average molecular weight is 354 g/mol. The third-order valence-electron chi connectivity index (χ3n) is 6.33. The highest BCUT2D eigenvalue weighted by Crippen LogP contribution is 2.48. The van der Waals surface area contributed by atoms with Crippen molar-refractivity contribution in [3.05, 3.63) is 29.9 Å². The van der Waals surface area contributed by atoms with Gasteiger partial charge in [0.05, 0.1) is 11.3 Å². The Morgan fingerprint density at radius 1 is 1.31 bits per heavy atom. The number of pyridine rings is 1. The van der Waals surface area contributed by atoms with Gasteiger partial charge in [-0.05, 0) is 56.6 Å². The first-order chi connectivity index (χ1) is 12.5. The number of carbonyl (C=O) groups is 1. The highest BCUT2D eigenvalue weighted by Gasteiger charge is 2.46. The van der Waals surface area contributed by atoms with Gasteiger partial charge in [0.25, 0.3) is 0 Å². The molecule has 2 aromatic heterocycles. The Morgan fingerprint density at radius 3 is 2.69 bits per heavy atom. The highest BCUT2D eigenvalue weighted by molar-refractivity contribution is 5.82. The fourth-order valence-corrected chi connectivity index (χ4v) is 4.12. The maximum atomic E-state index is 12.3. The molecule has 2 aliphatic carbocycles. The van der Waals surface area contributed by atoms with Gasteiger partial charge in [0.15, 0.2) is 0 Å². The first kappa shape index (κ1) is 17.2. The maximum absolute atomic E-state index is 12.3. The summed E-state index contributed by atoms with van der Waals surface area (Å²) in [5.74, 6) is 1.82. The second-order valence-electron chi connectivity index (χ2n) is 8.12. The third-order valence-corrected chi connectivity index (χ3v) is 6.33. The van der Waals surface area contributed by atoms with E-state index in [0.717, 1.165) is 36.9 Å². The quantitative estimate of drug-likeness (QED) is 0.881. The molecule has 1 atom stereocenters. The van der Waals surface area contributed by atoms with Crippen LogP contribution in [0.15, 0.2) is 22.9 Å². The zero-order chi connectivity index (χ0) is 18.3. The van der Waals surface area contributed by atoms with Crippen molar-refractivity contribution in [1.29, 1.82) is 0 Å². The van der Waals surface area contributed by atoms with E-state index in [0.29, 0.717) is 23.6 Å². The van der Waals surface area contributed by atoms with E-state index in [1.807, 2.05) is 19.1 Å². The zero-order valence-corrected chi connectivity index (χ0v) is 15.4. The Kier molecular flexibility index (Phi) is 4.29. The summed E-state index contributed by atoms with van der Waals surface area (Å²) in [4.78, 5) is 21.4. The van der Waals surface area contributed by atoms with Crippen LogP contribution >= 0.6 is 0 Å². The minimum atomic E-state index is -0.590. The summed E-state index contributed by atoms with van der Waals surface area (Å²) in [7, 11) is 0. The van der Waals surface area contributed by atoms with E-state index < -0.39 is 5.41 Å². The standard InChI is InChI=1S/C20H26N4O2/c1-12-5-8-20(9-6-12,19(21)25)13(2)18-23-17(24-26-18)15-7-10-22-16(11-15)14-3-4-14/h7,10-14H,3-6,8-9H2,1-2H3,(H2,21,25)/t12?,13-,20?/m1/s1. The number of primary amides is 1. The fourth-order valence-electron chi connectivity index (χ4n) is 4.12. The summed E-state index contributed by atoms with van der Waals surface area (Å²) >= 11 is 0. The Morgan fingerprint density at radius 2 is 2.04 bits per heavy atom. The molecule has 0 aliphatic heterocycles. The molecule has 2 fully saturated rings. The molecule has 2 aliphatic rings. The van der Waals surface area contributed by atoms with Gasteiger partial charge < -0.3 is 10.3 Å². The number of rotatable bonds is 5. The number of carbonyl (C=O) groups excluding carboxylic acids is 1. The lowest BCUT2D eigenvalue weighted by Crippen LogP contribution is -2.44. The van der Waals surface area contributed by atoms with Gasteiger partial charge in [-0.1, -0.05) is 19.0 Å². The number of hydrogen-bond donors (Lipinski definition) is 1. The Bertz CT molecular complexity index is 804. The van der Waals surface area contributed by atoms with Gasteiger partial charge in [0.1, 0.15) is 0 Å². The Labute approximate surface area is 153 Å². The third kappa shape index (κ3) is 3.02. The number of aromatic nitrogens is 3. The van der Waals surface area contributed by atoms with Gasteiger partial charge in [-0.25, -0.2) is 0 Å². The van der Waals surface area contributed by atoms with Crippen LogP contribution in [0.25, 0.3) is 11.4 Å². The van der Waals surface area contributed by atoms with Crippen molar-refractivity contribution in [3.63, 3.8) is 0 Å². The fraction of sp³-hybridized carbons (Fsp3) is 0.600. The largest absolute Gasteiger partial charge is 0.369 e. The van der Waals surface area contributed by atoms with Gasteiger partial charge in [0, 0.05) is 23.4 Å². The molecule has 2 saturated carbocycles. The molecule has 6 heteroatoms. The van der Waals surface area contributed by atoms with E-state index in [4.69, 9.17) is 10.3 Å². The van der Waals surface area contributed by atoms with E-state index in [-0.39, 0.29) is 11.8 Å². The van der Waals surface area contributed by atoms with Crippen LogP contribution in [0.4, 0.5) is 0 Å². The molecule has 0 saturated heterocycles. The van der Waals surface area contributed by atoms with E-state index >= 15 is 0 Å². The molecule has 0 bridgehead atoms. The van der Waals surface area contributed by atoms with Gasteiger partial charge in [-0.15, -0.1) is 0 Å². The van der Waals surface area contributed by atoms with Gasteiger partial charge in [-0.3, -0.25) is 9.78 Å². The molecule has 1 amide bonds.